The van der Waals surface area contributed by atoms with E-state index in [-0.39, 0.29) is 5.91 Å². The van der Waals surface area contributed by atoms with Crippen LogP contribution in [-0.4, -0.2) is 23.5 Å². The van der Waals surface area contributed by atoms with E-state index in [1.807, 2.05) is 0 Å². The minimum absolute atomic E-state index is 0.366. The highest BCUT2D eigenvalue weighted by molar-refractivity contribution is 5.97. The van der Waals surface area contributed by atoms with Gasteiger partial charge in [-0.15, -0.1) is 0 Å². The number of hydrogen-bond acceptors (Lipinski definition) is 2. The molecular weight excluding hydrogens is 242 g/mol. The molecule has 1 amide bonds. The average molecular weight is 271 g/mol. The highest BCUT2D eigenvalue weighted by atomic mass is 16.4. The van der Waals surface area contributed by atoms with Crippen LogP contribution in [0.15, 0.2) is 0 Å². The summed E-state index contributed by atoms with van der Waals surface area (Å²) in [6.07, 6.45) is 4.38. The maximum absolute atomic E-state index is 12.0. The van der Waals surface area contributed by atoms with Crippen molar-refractivity contribution in [1.29, 1.82) is 0 Å². The second kappa shape index (κ2) is 8.18. The third kappa shape index (κ3) is 6.60. The molecule has 0 spiro atoms. The van der Waals surface area contributed by atoms with E-state index in [9.17, 15) is 14.7 Å². The summed E-state index contributed by atoms with van der Waals surface area (Å²) in [5, 5.41) is 12.0. The molecule has 0 rings (SSSR count). The van der Waals surface area contributed by atoms with Crippen LogP contribution in [0, 0.1) is 17.3 Å². The highest BCUT2D eigenvalue weighted by Crippen LogP contribution is 2.26. The molecule has 0 saturated carbocycles. The number of carboxylic acid groups (broad SMARTS) is 1. The smallest absolute Gasteiger partial charge is 0.316 e. The topological polar surface area (TPSA) is 66.4 Å². The van der Waals surface area contributed by atoms with E-state index < -0.39 is 17.3 Å². The van der Waals surface area contributed by atoms with Gasteiger partial charge in [0.1, 0.15) is 5.92 Å². The number of hydrogen-bond donors (Lipinski definition) is 2. The summed E-state index contributed by atoms with van der Waals surface area (Å²) < 4.78 is 0. The number of carboxylic acids is 1. The first-order valence-electron chi connectivity index (χ1n) is 7.24. The van der Waals surface area contributed by atoms with Gasteiger partial charge in [0, 0.05) is 6.54 Å². The van der Waals surface area contributed by atoms with Crippen LogP contribution in [0.25, 0.3) is 0 Å². The molecule has 112 valence electrons. The summed E-state index contributed by atoms with van der Waals surface area (Å²) in [5.41, 5.74) is -0.568. The van der Waals surface area contributed by atoms with Gasteiger partial charge in [-0.05, 0) is 17.8 Å². The van der Waals surface area contributed by atoms with Gasteiger partial charge in [0.25, 0.3) is 0 Å². The molecule has 0 bridgehead atoms. The third-order valence-electron chi connectivity index (χ3n) is 3.48. The van der Waals surface area contributed by atoms with Gasteiger partial charge in [0.2, 0.25) is 5.91 Å². The minimum atomic E-state index is -1.05. The zero-order valence-electron chi connectivity index (χ0n) is 13.0. The summed E-state index contributed by atoms with van der Waals surface area (Å²) in [5.74, 6) is -1.96. The quantitative estimate of drug-likeness (QED) is 0.667. The van der Waals surface area contributed by atoms with Crippen LogP contribution in [0.2, 0.25) is 0 Å². The number of unbranched alkanes of at least 4 members (excludes halogenated alkanes) is 1. The van der Waals surface area contributed by atoms with Crippen LogP contribution in [0.4, 0.5) is 0 Å². The first-order valence-corrected chi connectivity index (χ1v) is 7.24. The Labute approximate surface area is 117 Å². The van der Waals surface area contributed by atoms with Crippen molar-refractivity contribution in [3.63, 3.8) is 0 Å². The molecule has 2 N–H and O–H groups in total. The largest absolute Gasteiger partial charge is 0.481 e. The molecule has 2 unspecified atom stereocenters. The van der Waals surface area contributed by atoms with Crippen molar-refractivity contribution in [3.8, 4) is 0 Å². The third-order valence-corrected chi connectivity index (χ3v) is 3.48. The number of amides is 1. The van der Waals surface area contributed by atoms with Gasteiger partial charge in [-0.1, -0.05) is 53.9 Å². The number of nitrogens with one attached hydrogen (secondary N) is 1. The van der Waals surface area contributed by atoms with Crippen LogP contribution >= 0.6 is 0 Å². The van der Waals surface area contributed by atoms with E-state index in [1.165, 1.54) is 0 Å². The van der Waals surface area contributed by atoms with Crippen LogP contribution in [0.3, 0.4) is 0 Å². The molecule has 0 radical (unpaired) electrons. The molecule has 0 aliphatic heterocycles. The monoisotopic (exact) mass is 271 g/mol. The Morgan fingerprint density at radius 3 is 2.16 bits per heavy atom. The molecule has 0 aromatic heterocycles. The minimum Gasteiger partial charge on any atom is -0.481 e. The van der Waals surface area contributed by atoms with E-state index >= 15 is 0 Å². The van der Waals surface area contributed by atoms with Crippen LogP contribution in [0.5, 0.6) is 0 Å². The molecule has 0 aliphatic carbocycles. The summed E-state index contributed by atoms with van der Waals surface area (Å²) in [7, 11) is 0. The average Bonchev–Trinajstić information content (AvgIpc) is 2.26. The van der Waals surface area contributed by atoms with Gasteiger partial charge in [0.15, 0.2) is 0 Å². The van der Waals surface area contributed by atoms with Crippen LogP contribution in [0.1, 0.15) is 60.3 Å². The Morgan fingerprint density at radius 2 is 1.79 bits per heavy atom. The first kappa shape index (κ1) is 17.9. The number of carbonyl (C=O) groups is 2. The highest BCUT2D eigenvalue weighted by Gasteiger charge is 2.37. The fourth-order valence-electron chi connectivity index (χ4n) is 2.17. The molecular formula is C15H29NO3. The number of carbonyl (C=O) groups excluding carboxylic acids is 1. The Kier molecular flexibility index (Phi) is 7.72. The fraction of sp³-hybridized carbons (Fsp3) is 0.867. The SMILES string of the molecule is CCCCC(CC)CNC(=O)C(C(=O)O)C(C)(C)C. The lowest BCUT2D eigenvalue weighted by Gasteiger charge is -2.26. The number of rotatable bonds is 8. The van der Waals surface area contributed by atoms with Crippen molar-refractivity contribution >= 4 is 11.9 Å². The molecule has 0 saturated heterocycles. The van der Waals surface area contributed by atoms with Gasteiger partial charge in [-0.2, -0.15) is 0 Å². The molecule has 4 heteroatoms. The molecule has 2 atom stereocenters. The second-order valence-corrected chi connectivity index (χ2v) is 6.30. The van der Waals surface area contributed by atoms with Gasteiger partial charge >= 0.3 is 5.97 Å². The van der Waals surface area contributed by atoms with E-state index in [0.717, 1.165) is 25.7 Å². The van der Waals surface area contributed by atoms with Crippen LogP contribution in [-0.2, 0) is 9.59 Å². The van der Waals surface area contributed by atoms with E-state index in [2.05, 4.69) is 19.2 Å². The van der Waals surface area contributed by atoms with Crippen molar-refractivity contribution in [2.24, 2.45) is 17.3 Å². The van der Waals surface area contributed by atoms with Crippen molar-refractivity contribution in [2.75, 3.05) is 6.54 Å². The van der Waals surface area contributed by atoms with Crippen molar-refractivity contribution in [2.45, 2.75) is 60.3 Å². The van der Waals surface area contributed by atoms with E-state index in [1.54, 1.807) is 20.8 Å². The lowest BCUT2D eigenvalue weighted by atomic mass is 9.80. The Morgan fingerprint density at radius 1 is 1.21 bits per heavy atom. The Bertz CT molecular complexity index is 294. The molecule has 0 fully saturated rings. The summed E-state index contributed by atoms with van der Waals surface area (Å²) in [6, 6.07) is 0. The first-order chi connectivity index (χ1) is 8.73. The zero-order chi connectivity index (χ0) is 15.1. The van der Waals surface area contributed by atoms with Crippen molar-refractivity contribution in [1.82, 2.24) is 5.32 Å². The summed E-state index contributed by atoms with van der Waals surface area (Å²) in [6.45, 7) is 10.2. The molecule has 0 aliphatic rings. The predicted molar refractivity (Wildman–Crippen MR) is 76.9 cm³/mol. The van der Waals surface area contributed by atoms with Gasteiger partial charge in [-0.3, -0.25) is 9.59 Å². The van der Waals surface area contributed by atoms with Crippen molar-refractivity contribution in [3.05, 3.63) is 0 Å². The lowest BCUT2D eigenvalue weighted by Crippen LogP contribution is -2.44. The zero-order valence-corrected chi connectivity index (χ0v) is 13.0. The second-order valence-electron chi connectivity index (χ2n) is 6.30. The normalized spacial score (nSPS) is 14.8. The molecule has 19 heavy (non-hydrogen) atoms. The standard InChI is InChI=1S/C15H29NO3/c1-6-8-9-11(7-2)10-16-13(17)12(14(18)19)15(3,4)5/h11-12H,6-10H2,1-5H3,(H,16,17)(H,18,19). The van der Waals surface area contributed by atoms with Gasteiger partial charge < -0.3 is 10.4 Å². The summed E-state index contributed by atoms with van der Waals surface area (Å²) >= 11 is 0. The molecule has 0 heterocycles. The Hall–Kier alpha value is -1.06. The molecule has 4 nitrogen and oxygen atoms in total. The van der Waals surface area contributed by atoms with Crippen molar-refractivity contribution < 1.29 is 14.7 Å². The Balaban J connectivity index is 4.45. The van der Waals surface area contributed by atoms with Crippen LogP contribution < -0.4 is 5.32 Å². The maximum Gasteiger partial charge on any atom is 0.316 e. The molecule has 0 aromatic rings. The van der Waals surface area contributed by atoms with E-state index in [4.69, 9.17) is 0 Å². The number of aliphatic carboxylic acids is 1. The predicted octanol–water partition coefficient (Wildman–Crippen LogP) is 3.07. The van der Waals surface area contributed by atoms with Gasteiger partial charge in [-0.25, -0.2) is 0 Å². The summed E-state index contributed by atoms with van der Waals surface area (Å²) in [4.78, 5) is 23.2. The fourth-order valence-corrected chi connectivity index (χ4v) is 2.17. The maximum atomic E-state index is 12.0. The lowest BCUT2D eigenvalue weighted by molar-refractivity contribution is -0.151. The van der Waals surface area contributed by atoms with Gasteiger partial charge in [0.05, 0.1) is 0 Å². The van der Waals surface area contributed by atoms with E-state index in [0.29, 0.717) is 12.5 Å². The molecule has 0 aromatic carbocycles.